The van der Waals surface area contributed by atoms with Crippen molar-refractivity contribution in [2.24, 2.45) is 0 Å². The summed E-state index contributed by atoms with van der Waals surface area (Å²) in [5, 5.41) is 18.5. The predicted octanol–water partition coefficient (Wildman–Crippen LogP) is 2.72. The number of anilines is 1. The molecule has 1 rings (SSSR count). The molecule has 0 fully saturated rings. The van der Waals surface area contributed by atoms with Gasteiger partial charge in [-0.1, -0.05) is 34.8 Å². The van der Waals surface area contributed by atoms with Crippen molar-refractivity contribution < 1.29 is 14.5 Å². The van der Waals surface area contributed by atoms with Crippen LogP contribution in [0.1, 0.15) is 6.92 Å². The number of hydrogen-bond acceptors (Lipinski definition) is 5. The minimum atomic E-state index is -1.88. The third-order valence-electron chi connectivity index (χ3n) is 2.59. The Balaban J connectivity index is 2.95. The molecule has 1 aromatic carbocycles. The highest BCUT2D eigenvalue weighted by molar-refractivity contribution is 7.80. The van der Waals surface area contributed by atoms with E-state index in [0.717, 1.165) is 0 Å². The largest absolute Gasteiger partial charge is 0.495 e. The number of amides is 1. The molecule has 0 aliphatic heterocycles. The second-order valence-electron chi connectivity index (χ2n) is 4.42. The Morgan fingerprint density at radius 2 is 2.00 bits per heavy atom. The van der Waals surface area contributed by atoms with Crippen LogP contribution in [0.25, 0.3) is 0 Å². The second kappa shape index (κ2) is 8.52. The number of nitro benzene ring substituents is 1. The molecule has 24 heavy (non-hydrogen) atoms. The predicted molar refractivity (Wildman–Crippen MR) is 96.9 cm³/mol. The molecule has 0 unspecified atom stereocenters. The zero-order chi connectivity index (χ0) is 18.5. The molecule has 132 valence electrons. The summed E-state index contributed by atoms with van der Waals surface area (Å²) in [4.78, 5) is 21.5. The van der Waals surface area contributed by atoms with Gasteiger partial charge in [-0.25, -0.2) is 0 Å². The number of halogens is 3. The van der Waals surface area contributed by atoms with Gasteiger partial charge in [0.05, 0.1) is 17.7 Å². The third-order valence-corrected chi connectivity index (χ3v) is 3.47. The first-order valence-electron chi connectivity index (χ1n) is 6.28. The molecule has 8 nitrogen and oxygen atoms in total. The summed E-state index contributed by atoms with van der Waals surface area (Å²) < 4.78 is 3.21. The molecule has 0 saturated heterocycles. The topological polar surface area (TPSA) is 106 Å². The number of methoxy groups -OCH3 is 1. The fraction of sp³-hybridized carbons (Fsp3) is 0.333. The van der Waals surface area contributed by atoms with Gasteiger partial charge in [-0.05, 0) is 18.3 Å². The van der Waals surface area contributed by atoms with Crippen LogP contribution in [-0.4, -0.2) is 33.0 Å². The van der Waals surface area contributed by atoms with Crippen LogP contribution in [0.15, 0.2) is 18.2 Å². The Morgan fingerprint density at radius 3 is 2.46 bits per heavy atom. The van der Waals surface area contributed by atoms with Crippen molar-refractivity contribution in [3.05, 3.63) is 28.3 Å². The zero-order valence-corrected chi connectivity index (χ0v) is 15.5. The molecule has 0 saturated carbocycles. The highest BCUT2D eigenvalue weighted by Crippen LogP contribution is 2.30. The minimum Gasteiger partial charge on any atom is -0.495 e. The average Bonchev–Trinajstić information content (AvgIpc) is 2.44. The summed E-state index contributed by atoms with van der Waals surface area (Å²) in [6.45, 7) is 1.24. The summed E-state index contributed by atoms with van der Waals surface area (Å²) >= 11 is 22.4. The van der Waals surface area contributed by atoms with E-state index in [-0.39, 0.29) is 16.5 Å². The first-order chi connectivity index (χ1) is 11.0. The molecule has 1 amide bonds. The molecule has 0 heterocycles. The Hall–Kier alpha value is -1.55. The van der Waals surface area contributed by atoms with Crippen molar-refractivity contribution >= 4 is 69.4 Å². The fourth-order valence-electron chi connectivity index (χ4n) is 1.60. The molecule has 3 N–H and O–H groups in total. The number of carbonyl (C=O) groups is 1. The lowest BCUT2D eigenvalue weighted by Gasteiger charge is -2.27. The number of benzene rings is 1. The lowest BCUT2D eigenvalue weighted by atomic mass is 10.2. The number of nitrogens with zero attached hydrogens (tertiary/aromatic N) is 1. The number of hydrogen-bond donors (Lipinski definition) is 3. The molecule has 1 atom stereocenters. The third kappa shape index (κ3) is 6.16. The molecule has 1 aromatic rings. The molecule has 0 aliphatic rings. The monoisotopic (exact) mass is 414 g/mol. The van der Waals surface area contributed by atoms with Crippen molar-refractivity contribution in [2.75, 3.05) is 12.4 Å². The van der Waals surface area contributed by atoms with Crippen molar-refractivity contribution in [3.63, 3.8) is 0 Å². The number of nitrogens with one attached hydrogen (secondary N) is 3. The summed E-state index contributed by atoms with van der Waals surface area (Å²) in [6, 6.07) is 3.92. The number of alkyl halides is 3. The van der Waals surface area contributed by atoms with Crippen LogP contribution in [0.3, 0.4) is 0 Å². The van der Waals surface area contributed by atoms with Crippen molar-refractivity contribution in [1.29, 1.82) is 0 Å². The highest BCUT2D eigenvalue weighted by Gasteiger charge is 2.34. The van der Waals surface area contributed by atoms with E-state index in [1.807, 2.05) is 0 Å². The van der Waals surface area contributed by atoms with E-state index in [1.54, 1.807) is 0 Å². The van der Waals surface area contributed by atoms with E-state index in [9.17, 15) is 14.9 Å². The summed E-state index contributed by atoms with van der Waals surface area (Å²) in [5.41, 5.74) is 0.0657. The first kappa shape index (κ1) is 20.5. The SMILES string of the molecule is COc1ccc([N+](=O)[O-])cc1NC(=S)N[C@@H](NC(C)=O)C(Cl)(Cl)Cl. The van der Waals surface area contributed by atoms with Gasteiger partial charge >= 0.3 is 0 Å². The summed E-state index contributed by atoms with van der Waals surface area (Å²) in [6.07, 6.45) is -1.12. The van der Waals surface area contributed by atoms with Gasteiger partial charge in [0.1, 0.15) is 11.9 Å². The minimum absolute atomic E-state index is 0.0427. The normalized spacial score (nSPS) is 12.0. The van der Waals surface area contributed by atoms with Gasteiger partial charge in [-0.3, -0.25) is 14.9 Å². The number of carbonyl (C=O) groups excluding carboxylic acids is 1. The smallest absolute Gasteiger partial charge is 0.271 e. The van der Waals surface area contributed by atoms with E-state index in [0.29, 0.717) is 5.75 Å². The average molecular weight is 416 g/mol. The van der Waals surface area contributed by atoms with Gasteiger partial charge in [0.15, 0.2) is 5.11 Å². The van der Waals surface area contributed by atoms with Crippen LogP contribution >= 0.6 is 47.0 Å². The van der Waals surface area contributed by atoms with Gasteiger partial charge in [-0.2, -0.15) is 0 Å². The molecule has 0 aliphatic carbocycles. The Morgan fingerprint density at radius 1 is 1.38 bits per heavy atom. The summed E-state index contributed by atoms with van der Waals surface area (Å²) in [7, 11) is 1.39. The van der Waals surface area contributed by atoms with Crippen molar-refractivity contribution in [1.82, 2.24) is 10.6 Å². The Labute approximate surface area is 157 Å². The van der Waals surface area contributed by atoms with Gasteiger partial charge in [-0.15, -0.1) is 0 Å². The molecule has 0 bridgehead atoms. The van der Waals surface area contributed by atoms with Crippen LogP contribution in [-0.2, 0) is 4.79 Å². The van der Waals surface area contributed by atoms with E-state index < -0.39 is 20.8 Å². The maximum atomic E-state index is 11.2. The Kier molecular flexibility index (Phi) is 7.27. The summed E-state index contributed by atoms with van der Waals surface area (Å²) in [5.74, 6) is -0.135. The quantitative estimate of drug-likeness (QED) is 0.223. The first-order valence-corrected chi connectivity index (χ1v) is 7.82. The van der Waals surface area contributed by atoms with Gasteiger partial charge in [0, 0.05) is 19.1 Å². The number of rotatable bonds is 5. The van der Waals surface area contributed by atoms with Crippen LogP contribution in [0.4, 0.5) is 11.4 Å². The highest BCUT2D eigenvalue weighted by atomic mass is 35.6. The zero-order valence-electron chi connectivity index (χ0n) is 12.4. The van der Waals surface area contributed by atoms with Crippen molar-refractivity contribution in [2.45, 2.75) is 16.9 Å². The Bertz CT molecular complexity index is 654. The molecule has 0 radical (unpaired) electrons. The van der Waals surface area contributed by atoms with Crippen LogP contribution < -0.4 is 20.7 Å². The van der Waals surface area contributed by atoms with E-state index in [4.69, 9.17) is 51.8 Å². The maximum Gasteiger partial charge on any atom is 0.271 e. The van der Waals surface area contributed by atoms with Gasteiger partial charge in [0.25, 0.3) is 5.69 Å². The van der Waals surface area contributed by atoms with E-state index in [2.05, 4.69) is 16.0 Å². The molecular weight excluding hydrogens is 403 g/mol. The molecule has 0 aromatic heterocycles. The van der Waals surface area contributed by atoms with Crippen LogP contribution in [0, 0.1) is 10.1 Å². The number of ether oxygens (including phenoxy) is 1. The maximum absolute atomic E-state index is 11.2. The van der Waals surface area contributed by atoms with Crippen LogP contribution in [0.5, 0.6) is 5.75 Å². The van der Waals surface area contributed by atoms with E-state index in [1.165, 1.54) is 32.2 Å². The van der Waals surface area contributed by atoms with E-state index >= 15 is 0 Å². The van der Waals surface area contributed by atoms with Crippen molar-refractivity contribution in [3.8, 4) is 5.75 Å². The molecule has 12 heteroatoms. The lowest BCUT2D eigenvalue weighted by Crippen LogP contribution is -2.55. The molecule has 0 spiro atoms. The van der Waals surface area contributed by atoms with Gasteiger partial charge < -0.3 is 20.7 Å². The number of nitro groups is 1. The number of thiocarbonyl (C=S) groups is 1. The fourth-order valence-corrected chi connectivity index (χ4v) is 2.15. The second-order valence-corrected chi connectivity index (χ2v) is 7.19. The standard InChI is InChI=1S/C12H13Cl3N4O4S/c1-6(20)16-10(12(13,14)15)18-11(24)17-8-5-7(19(21)22)3-4-9(8)23-2/h3-5,10H,1-2H3,(H,16,20)(H2,17,18,24)/t10-/m1/s1. The van der Waals surface area contributed by atoms with Gasteiger partial charge in [0.2, 0.25) is 9.70 Å². The molecular formula is C12H13Cl3N4O4S. The van der Waals surface area contributed by atoms with Crippen LogP contribution in [0.2, 0.25) is 0 Å². The lowest BCUT2D eigenvalue weighted by molar-refractivity contribution is -0.384. The number of non-ortho nitro benzene ring substituents is 1.